The van der Waals surface area contributed by atoms with Crippen LogP contribution in [0, 0.1) is 6.92 Å². The number of ether oxygens (including phenoxy) is 1. The molecule has 0 amide bonds. The van der Waals surface area contributed by atoms with Gasteiger partial charge in [-0.05, 0) is 32.8 Å². The number of hydrogen-bond donors (Lipinski definition) is 2. The van der Waals surface area contributed by atoms with Crippen molar-refractivity contribution in [2.75, 3.05) is 19.7 Å². The van der Waals surface area contributed by atoms with E-state index in [-0.39, 0.29) is 6.10 Å². The Morgan fingerprint density at radius 2 is 2.08 bits per heavy atom. The van der Waals surface area contributed by atoms with Crippen LogP contribution in [0.4, 0.5) is 0 Å². The lowest BCUT2D eigenvalue weighted by molar-refractivity contribution is 0.0646. The highest BCUT2D eigenvalue weighted by Crippen LogP contribution is 2.15. The van der Waals surface area contributed by atoms with Crippen molar-refractivity contribution in [1.29, 1.82) is 0 Å². The Labute approximate surface area is 154 Å². The summed E-state index contributed by atoms with van der Waals surface area (Å²) in [4.78, 5) is 10.1. The van der Waals surface area contributed by atoms with Crippen molar-refractivity contribution >= 4 is 17.3 Å². The van der Waals surface area contributed by atoms with Gasteiger partial charge in [0.15, 0.2) is 5.96 Å². The van der Waals surface area contributed by atoms with E-state index in [2.05, 4.69) is 46.6 Å². The van der Waals surface area contributed by atoms with Gasteiger partial charge in [-0.25, -0.2) is 9.98 Å². The summed E-state index contributed by atoms with van der Waals surface area (Å²) in [5.74, 6) is 0.839. The van der Waals surface area contributed by atoms with Gasteiger partial charge in [0.2, 0.25) is 0 Å². The highest BCUT2D eigenvalue weighted by molar-refractivity contribution is 7.09. The van der Waals surface area contributed by atoms with Crippen LogP contribution in [-0.4, -0.2) is 30.6 Å². The average molecular weight is 361 g/mol. The number of aromatic nitrogens is 1. The van der Waals surface area contributed by atoms with Gasteiger partial charge in [-0.2, -0.15) is 0 Å². The lowest BCUT2D eigenvalue weighted by Gasteiger charge is -2.14. The molecule has 0 aliphatic rings. The zero-order valence-corrected chi connectivity index (χ0v) is 16.1. The summed E-state index contributed by atoms with van der Waals surface area (Å²) in [6.45, 7) is 9.23. The van der Waals surface area contributed by atoms with Crippen LogP contribution in [0.1, 0.15) is 42.5 Å². The van der Waals surface area contributed by atoms with Crippen LogP contribution in [0.15, 0.2) is 40.8 Å². The average Bonchev–Trinajstić information content (AvgIpc) is 3.04. The van der Waals surface area contributed by atoms with E-state index >= 15 is 0 Å². The van der Waals surface area contributed by atoms with E-state index in [9.17, 15) is 0 Å². The second-order valence-corrected chi connectivity index (χ2v) is 6.70. The number of aryl methyl sites for hydroxylation is 1. The Hall–Kier alpha value is -1.92. The van der Waals surface area contributed by atoms with Crippen molar-refractivity contribution in [3.8, 4) is 0 Å². The lowest BCUT2D eigenvalue weighted by Crippen LogP contribution is -2.38. The Balaban J connectivity index is 1.69. The van der Waals surface area contributed by atoms with Gasteiger partial charge >= 0.3 is 0 Å². The maximum atomic E-state index is 5.90. The molecule has 0 bridgehead atoms. The van der Waals surface area contributed by atoms with Crippen molar-refractivity contribution in [3.63, 3.8) is 0 Å². The van der Waals surface area contributed by atoms with E-state index in [1.54, 1.807) is 11.3 Å². The van der Waals surface area contributed by atoms with Crippen LogP contribution in [0.3, 0.4) is 0 Å². The standard InChI is InChI=1S/C19H28N4OS/c1-4-20-19(22-13-18-15(2)23-14-25-18)21-11-8-12-24-16(3)17-9-6-5-7-10-17/h5-7,9-10,14,16H,4,8,11-13H2,1-3H3,(H2,20,21,22). The van der Waals surface area contributed by atoms with Gasteiger partial charge in [-0.1, -0.05) is 30.3 Å². The van der Waals surface area contributed by atoms with Gasteiger partial charge in [-0.3, -0.25) is 0 Å². The first-order valence-electron chi connectivity index (χ1n) is 8.78. The van der Waals surface area contributed by atoms with Gasteiger partial charge in [0.05, 0.1) is 23.9 Å². The quantitative estimate of drug-likeness (QED) is 0.407. The molecule has 2 N–H and O–H groups in total. The second kappa shape index (κ2) is 10.8. The number of benzene rings is 1. The van der Waals surface area contributed by atoms with E-state index in [0.29, 0.717) is 6.54 Å². The normalized spacial score (nSPS) is 12.8. The van der Waals surface area contributed by atoms with Crippen LogP contribution in [0.5, 0.6) is 0 Å². The predicted molar refractivity (Wildman–Crippen MR) is 105 cm³/mol. The van der Waals surface area contributed by atoms with Crippen LogP contribution >= 0.6 is 11.3 Å². The Bertz CT molecular complexity index is 642. The number of aliphatic imine (C=N–C) groups is 1. The minimum atomic E-state index is 0.123. The number of hydrogen-bond acceptors (Lipinski definition) is 4. The first-order chi connectivity index (χ1) is 12.2. The van der Waals surface area contributed by atoms with Gasteiger partial charge in [-0.15, -0.1) is 11.3 Å². The summed E-state index contributed by atoms with van der Waals surface area (Å²) < 4.78 is 5.90. The molecule has 0 fully saturated rings. The molecule has 1 unspecified atom stereocenters. The zero-order chi connectivity index (χ0) is 17.9. The molecular weight excluding hydrogens is 332 g/mol. The molecule has 0 spiro atoms. The summed E-state index contributed by atoms with van der Waals surface area (Å²) in [5.41, 5.74) is 4.14. The summed E-state index contributed by atoms with van der Waals surface area (Å²) in [6, 6.07) is 10.3. The summed E-state index contributed by atoms with van der Waals surface area (Å²) in [7, 11) is 0. The monoisotopic (exact) mass is 360 g/mol. The topological polar surface area (TPSA) is 58.5 Å². The Morgan fingerprint density at radius 1 is 1.28 bits per heavy atom. The first-order valence-corrected chi connectivity index (χ1v) is 9.66. The fraction of sp³-hybridized carbons (Fsp3) is 0.474. The molecule has 1 aromatic carbocycles. The van der Waals surface area contributed by atoms with Gasteiger partial charge in [0, 0.05) is 24.6 Å². The van der Waals surface area contributed by atoms with Crippen LogP contribution in [0.25, 0.3) is 0 Å². The molecule has 5 nitrogen and oxygen atoms in total. The molecule has 0 aliphatic heterocycles. The van der Waals surface area contributed by atoms with Crippen molar-refractivity contribution < 1.29 is 4.74 Å². The number of thiazole rings is 1. The van der Waals surface area contributed by atoms with E-state index in [4.69, 9.17) is 4.74 Å². The molecule has 0 saturated heterocycles. The Morgan fingerprint density at radius 3 is 2.76 bits per heavy atom. The lowest BCUT2D eigenvalue weighted by atomic mass is 10.1. The van der Waals surface area contributed by atoms with E-state index in [0.717, 1.165) is 37.8 Å². The highest BCUT2D eigenvalue weighted by atomic mass is 32.1. The molecule has 1 aromatic heterocycles. The summed E-state index contributed by atoms with van der Waals surface area (Å²) in [5, 5.41) is 6.63. The van der Waals surface area contributed by atoms with Crippen molar-refractivity contribution in [2.24, 2.45) is 4.99 Å². The molecule has 1 heterocycles. The largest absolute Gasteiger partial charge is 0.374 e. The predicted octanol–water partition coefficient (Wildman–Crippen LogP) is 3.67. The van der Waals surface area contributed by atoms with E-state index < -0.39 is 0 Å². The summed E-state index contributed by atoms with van der Waals surface area (Å²) in [6.07, 6.45) is 1.05. The molecule has 0 aliphatic carbocycles. The fourth-order valence-corrected chi connectivity index (χ4v) is 3.03. The van der Waals surface area contributed by atoms with Crippen molar-refractivity contribution in [2.45, 2.75) is 39.8 Å². The van der Waals surface area contributed by atoms with Crippen LogP contribution in [0.2, 0.25) is 0 Å². The molecule has 0 saturated carbocycles. The maximum Gasteiger partial charge on any atom is 0.191 e. The molecule has 2 aromatic rings. The molecule has 6 heteroatoms. The number of guanidine groups is 1. The molecular formula is C19H28N4OS. The first kappa shape index (κ1) is 19.4. The molecule has 136 valence electrons. The van der Waals surface area contributed by atoms with E-state index in [1.807, 2.05) is 30.6 Å². The number of nitrogens with one attached hydrogen (secondary N) is 2. The van der Waals surface area contributed by atoms with Crippen molar-refractivity contribution in [1.82, 2.24) is 15.6 Å². The van der Waals surface area contributed by atoms with Gasteiger partial charge in [0.25, 0.3) is 0 Å². The summed E-state index contributed by atoms with van der Waals surface area (Å²) >= 11 is 1.65. The third kappa shape index (κ3) is 6.84. The fourth-order valence-electron chi connectivity index (χ4n) is 2.33. The SMILES string of the molecule is CCNC(=NCc1scnc1C)NCCCOC(C)c1ccccc1. The maximum absolute atomic E-state index is 5.90. The molecule has 2 rings (SSSR count). The third-order valence-electron chi connectivity index (χ3n) is 3.82. The van der Waals surface area contributed by atoms with Crippen LogP contribution < -0.4 is 10.6 Å². The van der Waals surface area contributed by atoms with Crippen LogP contribution in [-0.2, 0) is 11.3 Å². The second-order valence-electron chi connectivity index (χ2n) is 5.76. The Kier molecular flexibility index (Phi) is 8.42. The number of rotatable bonds is 9. The molecule has 0 radical (unpaired) electrons. The minimum absolute atomic E-state index is 0.123. The zero-order valence-electron chi connectivity index (χ0n) is 15.3. The highest BCUT2D eigenvalue weighted by Gasteiger charge is 2.05. The van der Waals surface area contributed by atoms with Gasteiger partial charge < -0.3 is 15.4 Å². The number of nitrogens with zero attached hydrogens (tertiary/aromatic N) is 2. The van der Waals surface area contributed by atoms with E-state index in [1.165, 1.54) is 10.4 Å². The third-order valence-corrected chi connectivity index (χ3v) is 4.74. The van der Waals surface area contributed by atoms with Crippen molar-refractivity contribution in [3.05, 3.63) is 52.0 Å². The minimum Gasteiger partial charge on any atom is -0.374 e. The molecule has 25 heavy (non-hydrogen) atoms. The smallest absolute Gasteiger partial charge is 0.191 e. The van der Waals surface area contributed by atoms with Gasteiger partial charge in [0.1, 0.15) is 0 Å². The molecule has 1 atom stereocenters.